The maximum atomic E-state index is 14.7. The number of hydrogen-bond acceptors (Lipinski definition) is 6. The minimum absolute atomic E-state index is 0.142. The lowest BCUT2D eigenvalue weighted by Gasteiger charge is -2.30. The van der Waals surface area contributed by atoms with E-state index in [-0.39, 0.29) is 16.8 Å². The summed E-state index contributed by atoms with van der Waals surface area (Å²) in [6, 6.07) is 3.38. The van der Waals surface area contributed by atoms with Crippen molar-refractivity contribution in [2.24, 2.45) is 0 Å². The van der Waals surface area contributed by atoms with Gasteiger partial charge in [-0.05, 0) is 38.8 Å². The quantitative estimate of drug-likeness (QED) is 0.645. The fourth-order valence-corrected chi connectivity index (χ4v) is 3.41. The highest BCUT2D eigenvalue weighted by atomic mass is 19.1. The summed E-state index contributed by atoms with van der Waals surface area (Å²) >= 11 is 0. The van der Waals surface area contributed by atoms with Gasteiger partial charge in [-0.3, -0.25) is 9.59 Å². The molecule has 2 heterocycles. The van der Waals surface area contributed by atoms with Gasteiger partial charge < -0.3 is 25.0 Å². The van der Waals surface area contributed by atoms with Crippen LogP contribution in [0.15, 0.2) is 23.1 Å². The van der Waals surface area contributed by atoms with Gasteiger partial charge in [0.1, 0.15) is 11.9 Å². The van der Waals surface area contributed by atoms with E-state index < -0.39 is 17.9 Å². The van der Waals surface area contributed by atoms with Gasteiger partial charge in [0.05, 0.1) is 16.8 Å². The Morgan fingerprint density at radius 2 is 1.83 bits per heavy atom. The number of carboxylic acids is 1. The normalized spacial score (nSPS) is 17.3. The van der Waals surface area contributed by atoms with Crippen LogP contribution >= 0.6 is 0 Å². The summed E-state index contributed by atoms with van der Waals surface area (Å²) in [6.45, 7) is 5.68. The Morgan fingerprint density at radius 3 is 2.33 bits per heavy atom. The number of fused-ring (bicyclic) bond motifs is 1. The number of carbonyl (C=O) groups is 2. The van der Waals surface area contributed by atoms with E-state index in [9.17, 15) is 18.8 Å². The monoisotopic (exact) mass is 419 g/mol. The third-order valence-electron chi connectivity index (χ3n) is 5.24. The molecule has 1 aromatic heterocycles. The van der Waals surface area contributed by atoms with Crippen molar-refractivity contribution in [3.8, 4) is 0 Å². The van der Waals surface area contributed by atoms with Crippen LogP contribution in [0.4, 0.5) is 10.1 Å². The number of piperazine rings is 1. The number of aliphatic hydroxyl groups excluding tert-OH is 1. The lowest BCUT2D eigenvalue weighted by atomic mass is 10.1. The van der Waals surface area contributed by atoms with Crippen LogP contribution in [-0.2, 0) is 4.79 Å². The summed E-state index contributed by atoms with van der Waals surface area (Å²) in [5, 5.41) is 19.3. The van der Waals surface area contributed by atoms with Gasteiger partial charge in [0.2, 0.25) is 0 Å². The van der Waals surface area contributed by atoms with Crippen molar-refractivity contribution in [3.05, 3.63) is 39.9 Å². The van der Waals surface area contributed by atoms with Gasteiger partial charge in [-0.1, -0.05) is 0 Å². The lowest BCUT2D eigenvalue weighted by molar-refractivity contribution is -0.145. The minimum Gasteiger partial charge on any atom is -0.479 e. The first-order valence-electron chi connectivity index (χ1n) is 9.96. The first-order chi connectivity index (χ1) is 14.2. The van der Waals surface area contributed by atoms with Crippen LogP contribution < -0.4 is 15.6 Å². The molecule has 4 rings (SSSR count). The van der Waals surface area contributed by atoms with Crippen molar-refractivity contribution in [2.75, 3.05) is 31.1 Å². The van der Waals surface area contributed by atoms with Crippen LogP contribution in [0.5, 0.6) is 0 Å². The summed E-state index contributed by atoms with van der Waals surface area (Å²) in [4.78, 5) is 35.8. The van der Waals surface area contributed by atoms with Crippen LogP contribution in [0.1, 0.15) is 43.1 Å². The van der Waals surface area contributed by atoms with Crippen molar-refractivity contribution >= 4 is 28.3 Å². The van der Waals surface area contributed by atoms with Crippen LogP contribution in [0.2, 0.25) is 0 Å². The molecule has 3 N–H and O–H groups in total. The Hall–Kier alpha value is -2.78. The number of aliphatic carboxylic acids is 1. The summed E-state index contributed by atoms with van der Waals surface area (Å²) in [5.74, 6) is -1.86. The molecule has 2 aromatic rings. The molecule has 2 aliphatic rings. The predicted molar refractivity (Wildman–Crippen MR) is 111 cm³/mol. The number of pyridine rings is 1. The van der Waals surface area contributed by atoms with Crippen molar-refractivity contribution in [1.29, 1.82) is 0 Å². The first kappa shape index (κ1) is 21.9. The molecule has 1 aromatic carbocycles. The molecule has 1 aliphatic heterocycles. The van der Waals surface area contributed by atoms with Gasteiger partial charge >= 0.3 is 5.97 Å². The number of ketones is 1. The molecule has 0 spiro atoms. The Morgan fingerprint density at radius 1 is 1.23 bits per heavy atom. The Balaban J connectivity index is 0.000000377. The van der Waals surface area contributed by atoms with Crippen molar-refractivity contribution in [1.82, 2.24) is 9.88 Å². The van der Waals surface area contributed by atoms with Crippen LogP contribution in [0, 0.1) is 5.82 Å². The maximum Gasteiger partial charge on any atom is 0.332 e. The Labute approximate surface area is 172 Å². The van der Waals surface area contributed by atoms with E-state index in [1.807, 2.05) is 9.47 Å². The largest absolute Gasteiger partial charge is 0.479 e. The average molecular weight is 419 g/mol. The van der Waals surface area contributed by atoms with Gasteiger partial charge in [0.15, 0.2) is 11.2 Å². The van der Waals surface area contributed by atoms with E-state index in [2.05, 4.69) is 5.32 Å². The van der Waals surface area contributed by atoms with Gasteiger partial charge in [-0.2, -0.15) is 0 Å². The second-order valence-corrected chi connectivity index (χ2v) is 7.64. The minimum atomic E-state index is -1.23. The number of benzene rings is 1. The van der Waals surface area contributed by atoms with Gasteiger partial charge in [-0.15, -0.1) is 0 Å². The molecule has 1 unspecified atom stereocenters. The maximum absolute atomic E-state index is 14.7. The number of aromatic nitrogens is 1. The van der Waals surface area contributed by atoms with E-state index in [1.54, 1.807) is 12.3 Å². The number of halogens is 1. The molecule has 2 fully saturated rings. The molecule has 8 nitrogen and oxygen atoms in total. The molecule has 30 heavy (non-hydrogen) atoms. The molecule has 0 amide bonds. The third kappa shape index (κ3) is 4.68. The fourth-order valence-electron chi connectivity index (χ4n) is 3.41. The second-order valence-electron chi connectivity index (χ2n) is 7.64. The number of aliphatic hydroxyl groups is 1. The van der Waals surface area contributed by atoms with E-state index in [0.29, 0.717) is 17.1 Å². The van der Waals surface area contributed by atoms with Gasteiger partial charge in [-0.25, -0.2) is 9.18 Å². The zero-order valence-corrected chi connectivity index (χ0v) is 17.0. The predicted octanol–water partition coefficient (Wildman–Crippen LogP) is 1.54. The molecule has 1 aliphatic carbocycles. The smallest absolute Gasteiger partial charge is 0.332 e. The zero-order chi connectivity index (χ0) is 22.0. The fraction of sp³-hybridized carbons (Fsp3) is 0.476. The number of nitrogens with zero attached hydrogens (tertiary/aromatic N) is 2. The standard InChI is InChI=1S/C18H20FN3O2.C3H6O3/c1-11(23)14-10-22(12-2-3-12)16-9-17(21-6-4-20-5-7-21)15(19)8-13(16)18(14)24;1-2(4)3(5)6/h8-10,12,20H,2-7H2,1H3;2,4H,1H3,(H,5,6). The van der Waals surface area contributed by atoms with Crippen molar-refractivity contribution < 1.29 is 24.2 Å². The molecular formula is C21H26FN3O5. The highest BCUT2D eigenvalue weighted by Crippen LogP contribution is 2.38. The van der Waals surface area contributed by atoms with E-state index in [4.69, 9.17) is 10.2 Å². The molecule has 9 heteroatoms. The SMILES string of the molecule is CC(=O)c1cn(C2CC2)c2cc(N3CCNCC3)c(F)cc2c1=O.CC(O)C(=O)O. The van der Waals surface area contributed by atoms with Crippen LogP contribution in [-0.4, -0.2) is 58.8 Å². The number of anilines is 1. The molecular weight excluding hydrogens is 393 g/mol. The molecule has 162 valence electrons. The van der Waals surface area contributed by atoms with E-state index in [0.717, 1.165) is 44.5 Å². The van der Waals surface area contributed by atoms with Gasteiger partial charge in [0.25, 0.3) is 0 Å². The Bertz CT molecular complexity index is 1020. The highest BCUT2D eigenvalue weighted by Gasteiger charge is 2.27. The molecule has 1 saturated heterocycles. The summed E-state index contributed by atoms with van der Waals surface area (Å²) in [7, 11) is 0. The van der Waals surface area contributed by atoms with E-state index in [1.165, 1.54) is 19.9 Å². The van der Waals surface area contributed by atoms with Crippen molar-refractivity contribution in [3.63, 3.8) is 0 Å². The average Bonchev–Trinajstić information content (AvgIpc) is 3.54. The molecule has 0 radical (unpaired) electrons. The lowest BCUT2D eigenvalue weighted by Crippen LogP contribution is -2.43. The van der Waals surface area contributed by atoms with Crippen LogP contribution in [0.25, 0.3) is 10.9 Å². The zero-order valence-electron chi connectivity index (χ0n) is 17.0. The van der Waals surface area contributed by atoms with E-state index >= 15 is 0 Å². The summed E-state index contributed by atoms with van der Waals surface area (Å²) < 4.78 is 16.7. The molecule has 1 saturated carbocycles. The highest BCUT2D eigenvalue weighted by molar-refractivity contribution is 5.97. The number of carbonyl (C=O) groups excluding carboxylic acids is 1. The third-order valence-corrected chi connectivity index (χ3v) is 5.24. The number of Topliss-reactive ketones (excluding diaryl/α,β-unsaturated/α-hetero) is 1. The first-order valence-corrected chi connectivity index (χ1v) is 9.96. The molecule has 1 atom stereocenters. The number of carboxylic acid groups (broad SMARTS) is 1. The number of rotatable bonds is 4. The second kappa shape index (κ2) is 8.93. The summed E-state index contributed by atoms with van der Waals surface area (Å²) in [6.07, 6.45) is 2.47. The number of nitrogens with one attached hydrogen (secondary N) is 1. The summed E-state index contributed by atoms with van der Waals surface area (Å²) in [5.41, 5.74) is 1.03. The molecule has 0 bridgehead atoms. The van der Waals surface area contributed by atoms with Crippen LogP contribution in [0.3, 0.4) is 0 Å². The Kier molecular flexibility index (Phi) is 6.52. The number of hydrogen-bond donors (Lipinski definition) is 3. The van der Waals surface area contributed by atoms with Crippen molar-refractivity contribution in [2.45, 2.75) is 38.8 Å². The topological polar surface area (TPSA) is 112 Å². The van der Waals surface area contributed by atoms with Gasteiger partial charge in [0, 0.05) is 43.8 Å².